The van der Waals surface area contributed by atoms with Gasteiger partial charge < -0.3 is 89.9 Å². The fourth-order valence-corrected chi connectivity index (χ4v) is 12.3. The number of rotatable bonds is 57. The van der Waals surface area contributed by atoms with Crippen molar-refractivity contribution in [1.82, 2.24) is 5.32 Å². The van der Waals surface area contributed by atoms with Gasteiger partial charge in [0.25, 0.3) is 0 Å². The fraction of sp³-hybridized carbons (Fsp3) is 0.851. The van der Waals surface area contributed by atoms with E-state index in [4.69, 9.17) is 28.4 Å². The molecule has 0 aliphatic carbocycles. The summed E-state index contributed by atoms with van der Waals surface area (Å²) in [7, 11) is 0. The van der Waals surface area contributed by atoms with Gasteiger partial charge in [0.1, 0.15) is 73.2 Å². The van der Waals surface area contributed by atoms with Crippen molar-refractivity contribution < 1.29 is 89.4 Å². The first-order valence-electron chi connectivity index (χ1n) is 37.0. The summed E-state index contributed by atoms with van der Waals surface area (Å²) in [6.07, 6.45) is 42.8. The molecule has 93 heavy (non-hydrogen) atoms. The lowest BCUT2D eigenvalue weighted by Crippen LogP contribution is -2.66. The van der Waals surface area contributed by atoms with Crippen molar-refractivity contribution in [3.8, 4) is 0 Å². The second kappa shape index (κ2) is 55.4. The van der Waals surface area contributed by atoms with Crippen LogP contribution in [0.5, 0.6) is 0 Å². The van der Waals surface area contributed by atoms with Crippen LogP contribution >= 0.6 is 0 Å². The van der Waals surface area contributed by atoms with Gasteiger partial charge in [-0.1, -0.05) is 254 Å². The summed E-state index contributed by atoms with van der Waals surface area (Å²) in [5.74, 6) is -0.286. The Morgan fingerprint density at radius 3 is 1.17 bits per heavy atom. The predicted molar refractivity (Wildman–Crippen MR) is 365 cm³/mol. The van der Waals surface area contributed by atoms with Crippen molar-refractivity contribution in [2.45, 2.75) is 375 Å². The summed E-state index contributed by atoms with van der Waals surface area (Å²) < 4.78 is 34.2. The van der Waals surface area contributed by atoms with Crippen LogP contribution < -0.4 is 5.32 Å². The van der Waals surface area contributed by atoms with Crippen LogP contribution in [0.25, 0.3) is 0 Å². The quantitative estimate of drug-likeness (QED) is 0.0199. The third-order valence-electron chi connectivity index (χ3n) is 18.3. The van der Waals surface area contributed by atoms with E-state index in [0.29, 0.717) is 12.8 Å². The largest absolute Gasteiger partial charge is 0.394 e. The molecule has 3 rings (SSSR count). The SMILES string of the molecule is CCCCC/C=C/CC/C=C/C(O)C(COC1OC(CO)C(OC2OC(CO)C(OC3OC(CO)C(O)C(O)C3O)C(O)C2O)C(O)C1O)NC(=O)CCCCCCCCCCCCCCCCCCCCCCCCCC/C=C\C/C=C\C/C=C\CCCCCCC. The highest BCUT2D eigenvalue weighted by molar-refractivity contribution is 5.76. The number of unbranched alkanes of at least 4 members (excludes halogenated alkanes) is 33. The number of hydrogen-bond acceptors (Lipinski definition) is 18. The first-order valence-corrected chi connectivity index (χ1v) is 37.0. The maximum Gasteiger partial charge on any atom is 0.220 e. The molecule has 0 aromatic heterocycles. The van der Waals surface area contributed by atoms with Crippen LogP contribution in [0.15, 0.2) is 60.8 Å². The maximum absolute atomic E-state index is 13.3. The van der Waals surface area contributed by atoms with E-state index in [0.717, 1.165) is 57.8 Å². The zero-order chi connectivity index (χ0) is 67.5. The Morgan fingerprint density at radius 1 is 0.387 bits per heavy atom. The summed E-state index contributed by atoms with van der Waals surface area (Å²) in [4.78, 5) is 13.3. The van der Waals surface area contributed by atoms with Gasteiger partial charge in [0.2, 0.25) is 5.91 Å². The Balaban J connectivity index is 1.26. The van der Waals surface area contributed by atoms with Crippen molar-refractivity contribution >= 4 is 5.91 Å². The molecule has 0 aromatic rings. The molecule has 17 unspecified atom stereocenters. The Kier molecular flexibility index (Phi) is 50.4. The zero-order valence-corrected chi connectivity index (χ0v) is 57.5. The molecule has 0 aromatic carbocycles. The molecule has 19 heteroatoms. The molecule has 3 heterocycles. The van der Waals surface area contributed by atoms with Gasteiger partial charge in [-0.2, -0.15) is 0 Å². The van der Waals surface area contributed by atoms with E-state index >= 15 is 0 Å². The zero-order valence-electron chi connectivity index (χ0n) is 57.5. The molecular formula is C74H133NO18. The molecule has 0 radical (unpaired) electrons. The second-order valence-corrected chi connectivity index (χ2v) is 26.4. The monoisotopic (exact) mass is 1320 g/mol. The minimum atomic E-state index is -1.98. The van der Waals surface area contributed by atoms with E-state index in [2.05, 4.69) is 67.8 Å². The van der Waals surface area contributed by atoms with Crippen LogP contribution in [0, 0.1) is 0 Å². The summed E-state index contributed by atoms with van der Waals surface area (Å²) in [5.41, 5.74) is 0. The molecule has 3 aliphatic rings. The van der Waals surface area contributed by atoms with Crippen LogP contribution in [0.4, 0.5) is 0 Å². The lowest BCUT2D eigenvalue weighted by Gasteiger charge is -2.48. The topological polar surface area (TPSA) is 307 Å². The molecule has 12 N–H and O–H groups in total. The van der Waals surface area contributed by atoms with E-state index in [1.165, 1.54) is 180 Å². The number of ether oxygens (including phenoxy) is 6. The molecule has 17 atom stereocenters. The van der Waals surface area contributed by atoms with Crippen molar-refractivity contribution in [2.24, 2.45) is 0 Å². The number of aliphatic hydroxyl groups is 11. The fourth-order valence-electron chi connectivity index (χ4n) is 12.3. The molecule has 542 valence electrons. The number of allylic oxidation sites excluding steroid dienone is 9. The summed E-state index contributed by atoms with van der Waals surface area (Å²) >= 11 is 0. The van der Waals surface area contributed by atoms with Gasteiger partial charge in [-0.15, -0.1) is 0 Å². The molecule has 0 saturated carbocycles. The van der Waals surface area contributed by atoms with Gasteiger partial charge in [-0.05, 0) is 70.6 Å². The molecule has 3 saturated heterocycles. The third kappa shape index (κ3) is 36.8. The van der Waals surface area contributed by atoms with Gasteiger partial charge in [0.05, 0.1) is 38.6 Å². The van der Waals surface area contributed by atoms with Crippen molar-refractivity contribution in [1.29, 1.82) is 0 Å². The molecule has 1 amide bonds. The van der Waals surface area contributed by atoms with Gasteiger partial charge in [-0.25, -0.2) is 0 Å². The van der Waals surface area contributed by atoms with Crippen molar-refractivity contribution in [3.05, 3.63) is 60.8 Å². The van der Waals surface area contributed by atoms with E-state index in [1.807, 2.05) is 6.08 Å². The smallest absolute Gasteiger partial charge is 0.220 e. The maximum atomic E-state index is 13.3. The molecule has 3 fully saturated rings. The minimum Gasteiger partial charge on any atom is -0.394 e. The normalized spacial score (nSPS) is 27.9. The highest BCUT2D eigenvalue weighted by Crippen LogP contribution is 2.33. The van der Waals surface area contributed by atoms with Crippen molar-refractivity contribution in [3.63, 3.8) is 0 Å². The summed E-state index contributed by atoms with van der Waals surface area (Å²) in [5, 5.41) is 120. The number of amides is 1. The lowest BCUT2D eigenvalue weighted by molar-refractivity contribution is -0.379. The van der Waals surface area contributed by atoms with Gasteiger partial charge in [-0.3, -0.25) is 4.79 Å². The van der Waals surface area contributed by atoms with E-state index < -0.39 is 124 Å². The number of hydrogen-bond donors (Lipinski definition) is 12. The average molecular weight is 1320 g/mol. The van der Waals surface area contributed by atoms with Crippen LogP contribution in [-0.4, -0.2) is 193 Å². The van der Waals surface area contributed by atoms with Gasteiger partial charge in [0.15, 0.2) is 18.9 Å². The first-order chi connectivity index (χ1) is 45.3. The Labute approximate surface area is 560 Å². The number of carbonyl (C=O) groups excluding carboxylic acids is 1. The van der Waals surface area contributed by atoms with Crippen molar-refractivity contribution in [2.75, 3.05) is 26.4 Å². The molecule has 0 spiro atoms. The highest BCUT2D eigenvalue weighted by atomic mass is 16.8. The number of nitrogens with one attached hydrogen (secondary N) is 1. The first kappa shape index (κ1) is 84.7. The van der Waals surface area contributed by atoms with E-state index in [9.17, 15) is 61.0 Å². The summed E-state index contributed by atoms with van der Waals surface area (Å²) in [6.45, 7) is 1.64. The highest BCUT2D eigenvalue weighted by Gasteiger charge is 2.53. The number of carbonyl (C=O) groups is 1. The van der Waals surface area contributed by atoms with Crippen LogP contribution in [0.2, 0.25) is 0 Å². The second-order valence-electron chi connectivity index (χ2n) is 26.4. The van der Waals surface area contributed by atoms with E-state index in [1.54, 1.807) is 6.08 Å². The Bertz CT molecular complexity index is 1920. The number of aliphatic hydroxyl groups excluding tert-OH is 11. The Morgan fingerprint density at radius 2 is 0.720 bits per heavy atom. The van der Waals surface area contributed by atoms with Gasteiger partial charge >= 0.3 is 0 Å². The third-order valence-corrected chi connectivity index (χ3v) is 18.3. The standard InChI is InChI=1S/C74H133NO18/c1-3-5-7-9-11-13-14-15-16-17-18-19-20-21-22-23-24-25-26-27-28-29-30-31-32-33-34-35-36-37-38-39-40-41-42-44-46-48-50-52-62(80)75-57(58(79)51-49-47-45-43-12-10-8-6-4-2)56-88-72-68(86)65(83)70(60(54-77)90-72)93-74-69(87)66(84)71(61(55-78)91-74)92-73-67(85)64(82)63(81)59(53-76)89-73/h12,14-15,17-18,20-21,43,49,51,57-61,63-74,76-79,81-87H,3-11,13,16,19,22-42,44-48,50,52-56H2,1-2H3,(H,75,80)/b15-14-,18-17-,21-20-,43-12+,51-49+. The molecular weight excluding hydrogens is 1190 g/mol. The minimum absolute atomic E-state index is 0.237. The van der Waals surface area contributed by atoms with Gasteiger partial charge in [0, 0.05) is 6.42 Å². The van der Waals surface area contributed by atoms with Crippen LogP contribution in [0.3, 0.4) is 0 Å². The predicted octanol–water partition coefficient (Wildman–Crippen LogP) is 10.7. The molecule has 0 bridgehead atoms. The lowest BCUT2D eigenvalue weighted by atomic mass is 9.96. The average Bonchev–Trinajstić information content (AvgIpc) is 0.900. The van der Waals surface area contributed by atoms with E-state index in [-0.39, 0.29) is 18.9 Å². The molecule has 3 aliphatic heterocycles. The Hall–Kier alpha value is -2.51. The van der Waals surface area contributed by atoms with Crippen LogP contribution in [-0.2, 0) is 33.2 Å². The molecule has 19 nitrogen and oxygen atoms in total. The summed E-state index contributed by atoms with van der Waals surface area (Å²) in [6, 6.07) is -0.988. The van der Waals surface area contributed by atoms with Crippen LogP contribution in [0.1, 0.15) is 271 Å².